The third kappa shape index (κ3) is 5.31. The summed E-state index contributed by atoms with van der Waals surface area (Å²) < 4.78 is 14.9. The molecule has 0 atom stereocenters. The van der Waals surface area contributed by atoms with Gasteiger partial charge < -0.3 is 10.2 Å². The molecule has 34 heavy (non-hydrogen) atoms. The van der Waals surface area contributed by atoms with Gasteiger partial charge in [0.2, 0.25) is 0 Å². The number of aromatic nitrogens is 1. The molecule has 2 heterocycles. The quantitative estimate of drug-likeness (QED) is 0.286. The molecule has 1 aromatic heterocycles. The zero-order valence-electron chi connectivity index (χ0n) is 18.7. The van der Waals surface area contributed by atoms with Crippen molar-refractivity contribution in [2.75, 3.05) is 18.4 Å². The maximum Gasteiger partial charge on any atom is 0.257 e. The minimum absolute atomic E-state index is 0.0655. The predicted molar refractivity (Wildman–Crippen MR) is 130 cm³/mol. The highest BCUT2D eigenvalue weighted by molar-refractivity contribution is 6.30. The Morgan fingerprint density at radius 2 is 1.85 bits per heavy atom. The van der Waals surface area contributed by atoms with Crippen LogP contribution in [0.4, 0.5) is 10.2 Å². The number of hydrogen-bond acceptors (Lipinski definition) is 4. The van der Waals surface area contributed by atoms with Crippen molar-refractivity contribution in [1.82, 2.24) is 9.88 Å². The van der Waals surface area contributed by atoms with Gasteiger partial charge in [-0.25, -0.2) is 9.37 Å². The molecule has 3 aromatic rings. The zero-order chi connectivity index (χ0) is 24.2. The highest BCUT2D eigenvalue weighted by Crippen LogP contribution is 2.20. The highest BCUT2D eigenvalue weighted by Gasteiger charge is 2.21. The van der Waals surface area contributed by atoms with E-state index in [0.29, 0.717) is 27.5 Å². The number of Topliss-reactive ketones (excluding diaryl/α,β-unsaturated/α-hetero) is 1. The van der Waals surface area contributed by atoms with Gasteiger partial charge in [-0.1, -0.05) is 35.4 Å². The van der Waals surface area contributed by atoms with Crippen LogP contribution in [0.2, 0.25) is 5.02 Å². The number of benzene rings is 2. The Morgan fingerprint density at radius 3 is 2.53 bits per heavy atom. The molecule has 0 radical (unpaired) electrons. The van der Waals surface area contributed by atoms with E-state index < -0.39 is 17.5 Å². The molecule has 4 rings (SSSR count). The Hall–Kier alpha value is -3.58. The van der Waals surface area contributed by atoms with Crippen LogP contribution in [0.3, 0.4) is 0 Å². The Bertz CT molecular complexity index is 1250. The number of nitrogens with one attached hydrogen (secondary N) is 2. The molecule has 174 valence electrons. The number of rotatable bonds is 6. The number of nitrogens with zero attached hydrogens (tertiary/aromatic N) is 2. The highest BCUT2D eigenvalue weighted by atomic mass is 35.5. The maximum absolute atomic E-state index is 14.9. The van der Waals surface area contributed by atoms with Gasteiger partial charge >= 0.3 is 0 Å². The Labute approximate surface area is 202 Å². The second-order valence-electron chi connectivity index (χ2n) is 8.31. The lowest BCUT2D eigenvalue weighted by molar-refractivity contribution is 0.0988. The van der Waals surface area contributed by atoms with E-state index in [0.717, 1.165) is 31.5 Å². The number of aryl methyl sites for hydroxylation is 1. The van der Waals surface area contributed by atoms with Crippen molar-refractivity contribution in [3.05, 3.63) is 93.4 Å². The van der Waals surface area contributed by atoms with Crippen LogP contribution in [0, 0.1) is 18.2 Å². The van der Waals surface area contributed by atoms with Crippen LogP contribution in [0.1, 0.15) is 50.2 Å². The minimum atomic E-state index is -0.671. The van der Waals surface area contributed by atoms with E-state index in [1.807, 2.05) is 11.8 Å². The lowest BCUT2D eigenvalue weighted by Crippen LogP contribution is -2.27. The van der Waals surface area contributed by atoms with Crippen LogP contribution in [0.25, 0.3) is 0 Å². The van der Waals surface area contributed by atoms with E-state index in [2.05, 4.69) is 10.3 Å². The second-order valence-corrected chi connectivity index (χ2v) is 8.75. The molecule has 2 aromatic carbocycles. The standard InChI is InChI=1S/C26H24ClFN4O2/c1-16-4-5-17(21(12-16)26(34)31-24-9-7-19(27)15-30-24)14-23(33)20-8-6-18(13-22(20)28)25(29)32-10-2-3-11-32/h4-9,12-13,15,29H,2-3,10-11,14H2,1H3,(H,30,31,34). The van der Waals surface area contributed by atoms with E-state index in [4.69, 9.17) is 17.0 Å². The SMILES string of the molecule is Cc1ccc(CC(=O)c2ccc(C(=N)N3CCCC3)cc2F)c(C(=O)Nc2ccc(Cl)cn2)c1. The van der Waals surface area contributed by atoms with Crippen molar-refractivity contribution >= 4 is 34.9 Å². The molecular formula is C26H24ClFN4O2. The van der Waals surface area contributed by atoms with E-state index in [9.17, 15) is 14.0 Å². The van der Waals surface area contributed by atoms with Crippen LogP contribution >= 0.6 is 11.6 Å². The molecule has 1 aliphatic rings. The van der Waals surface area contributed by atoms with Gasteiger partial charge in [0.1, 0.15) is 17.5 Å². The first-order valence-corrected chi connectivity index (χ1v) is 11.4. The fourth-order valence-corrected chi connectivity index (χ4v) is 4.08. The van der Waals surface area contributed by atoms with Crippen molar-refractivity contribution in [2.24, 2.45) is 0 Å². The molecule has 2 N–H and O–H groups in total. The molecule has 1 aliphatic heterocycles. The van der Waals surface area contributed by atoms with E-state index in [-0.39, 0.29) is 17.8 Å². The monoisotopic (exact) mass is 478 g/mol. The van der Waals surface area contributed by atoms with Gasteiger partial charge in [0.05, 0.1) is 10.6 Å². The summed E-state index contributed by atoms with van der Waals surface area (Å²) in [6.07, 6.45) is 3.31. The summed E-state index contributed by atoms with van der Waals surface area (Å²) in [7, 11) is 0. The Balaban J connectivity index is 1.53. The fourth-order valence-electron chi connectivity index (χ4n) is 3.97. The summed E-state index contributed by atoms with van der Waals surface area (Å²) in [4.78, 5) is 31.8. The molecule has 8 heteroatoms. The molecule has 0 unspecified atom stereocenters. The number of likely N-dealkylation sites (tertiary alicyclic amines) is 1. The number of amides is 1. The van der Waals surface area contributed by atoms with Crippen LogP contribution in [0.15, 0.2) is 54.7 Å². The number of anilines is 1. The number of carbonyl (C=O) groups is 2. The first-order chi connectivity index (χ1) is 16.3. The number of hydrogen-bond donors (Lipinski definition) is 2. The molecule has 1 amide bonds. The summed E-state index contributed by atoms with van der Waals surface area (Å²) in [6, 6.07) is 12.6. The second kappa shape index (κ2) is 10.1. The van der Waals surface area contributed by atoms with Gasteiger partial charge in [-0.3, -0.25) is 15.0 Å². The van der Waals surface area contributed by atoms with Gasteiger partial charge in [0, 0.05) is 36.8 Å². The number of pyridine rings is 1. The fraction of sp³-hybridized carbons (Fsp3) is 0.231. The lowest BCUT2D eigenvalue weighted by Gasteiger charge is -2.18. The normalized spacial score (nSPS) is 13.1. The minimum Gasteiger partial charge on any atom is -0.357 e. The van der Waals surface area contributed by atoms with Gasteiger partial charge in [-0.2, -0.15) is 0 Å². The average molecular weight is 479 g/mol. The van der Waals surface area contributed by atoms with Crippen LogP contribution in [0.5, 0.6) is 0 Å². The van der Waals surface area contributed by atoms with Crippen molar-refractivity contribution in [2.45, 2.75) is 26.2 Å². The zero-order valence-corrected chi connectivity index (χ0v) is 19.5. The molecular weight excluding hydrogens is 455 g/mol. The van der Waals surface area contributed by atoms with Gasteiger partial charge in [0.15, 0.2) is 5.78 Å². The summed E-state index contributed by atoms with van der Waals surface area (Å²) in [5, 5.41) is 11.4. The number of ketones is 1. The van der Waals surface area contributed by atoms with Crippen molar-refractivity contribution < 1.29 is 14.0 Å². The molecule has 0 aliphatic carbocycles. The lowest BCUT2D eigenvalue weighted by atomic mass is 9.96. The van der Waals surface area contributed by atoms with Gasteiger partial charge in [-0.15, -0.1) is 0 Å². The van der Waals surface area contributed by atoms with Crippen LogP contribution in [-0.4, -0.2) is 40.5 Å². The first kappa shape index (κ1) is 23.6. The van der Waals surface area contributed by atoms with E-state index in [1.54, 1.807) is 36.4 Å². The topological polar surface area (TPSA) is 86.2 Å². The summed E-state index contributed by atoms with van der Waals surface area (Å²) >= 11 is 5.84. The van der Waals surface area contributed by atoms with Crippen molar-refractivity contribution in [1.29, 1.82) is 5.41 Å². The molecule has 0 bridgehead atoms. The third-order valence-electron chi connectivity index (χ3n) is 5.80. The van der Waals surface area contributed by atoms with E-state index in [1.165, 1.54) is 18.3 Å². The number of amidine groups is 1. The average Bonchev–Trinajstić information content (AvgIpc) is 3.36. The number of halogens is 2. The van der Waals surface area contributed by atoms with Crippen LogP contribution < -0.4 is 5.32 Å². The smallest absolute Gasteiger partial charge is 0.257 e. The molecule has 0 saturated carbocycles. The Morgan fingerprint density at radius 1 is 1.09 bits per heavy atom. The third-order valence-corrected chi connectivity index (χ3v) is 6.02. The number of carbonyl (C=O) groups excluding carboxylic acids is 2. The molecule has 0 spiro atoms. The summed E-state index contributed by atoms with van der Waals surface area (Å²) in [5.41, 5.74) is 2.03. The van der Waals surface area contributed by atoms with Gasteiger partial charge in [0.25, 0.3) is 5.91 Å². The Kier molecular flexibility index (Phi) is 7.03. The van der Waals surface area contributed by atoms with Crippen LogP contribution in [-0.2, 0) is 6.42 Å². The van der Waals surface area contributed by atoms with Crippen molar-refractivity contribution in [3.63, 3.8) is 0 Å². The molecule has 1 saturated heterocycles. The largest absolute Gasteiger partial charge is 0.357 e. The molecule has 1 fully saturated rings. The summed E-state index contributed by atoms with van der Waals surface area (Å²) in [6.45, 7) is 3.41. The van der Waals surface area contributed by atoms with Gasteiger partial charge in [-0.05, 0) is 55.7 Å². The molecule has 6 nitrogen and oxygen atoms in total. The predicted octanol–water partition coefficient (Wildman–Crippen LogP) is 5.28. The maximum atomic E-state index is 14.9. The van der Waals surface area contributed by atoms with E-state index >= 15 is 0 Å². The summed E-state index contributed by atoms with van der Waals surface area (Å²) in [5.74, 6) is -0.940. The first-order valence-electron chi connectivity index (χ1n) is 11.0. The van der Waals surface area contributed by atoms with Crippen molar-refractivity contribution in [3.8, 4) is 0 Å².